The van der Waals surface area contributed by atoms with Gasteiger partial charge in [-0.15, -0.1) is 0 Å². The van der Waals surface area contributed by atoms with Crippen LogP contribution >= 0.6 is 0 Å². The number of hydrogen-bond acceptors (Lipinski definition) is 1. The molecule has 2 fully saturated rings. The minimum absolute atomic E-state index is 0.248. The van der Waals surface area contributed by atoms with Crippen molar-refractivity contribution in [3.05, 3.63) is 0 Å². The van der Waals surface area contributed by atoms with E-state index in [0.717, 1.165) is 31.2 Å². The molecule has 1 aliphatic carbocycles. The van der Waals surface area contributed by atoms with Gasteiger partial charge in [0.25, 0.3) is 0 Å². The van der Waals surface area contributed by atoms with Gasteiger partial charge in [-0.2, -0.15) is 0 Å². The van der Waals surface area contributed by atoms with Crippen molar-refractivity contribution in [2.24, 2.45) is 17.3 Å². The van der Waals surface area contributed by atoms with Crippen LogP contribution in [0.2, 0.25) is 0 Å². The highest BCUT2D eigenvalue weighted by Crippen LogP contribution is 2.48. The second-order valence-corrected chi connectivity index (χ2v) is 5.14. The third kappa shape index (κ3) is 1.59. The van der Waals surface area contributed by atoms with Crippen LogP contribution in [0, 0.1) is 17.3 Å². The smallest absolute Gasteiger partial charge is 0.220 e. The van der Waals surface area contributed by atoms with E-state index in [4.69, 9.17) is 0 Å². The van der Waals surface area contributed by atoms with E-state index in [-0.39, 0.29) is 5.91 Å². The summed E-state index contributed by atoms with van der Waals surface area (Å²) in [5.74, 6) is 1.93. The molecule has 2 aliphatic rings. The lowest BCUT2D eigenvalue weighted by atomic mass is 9.78. The summed E-state index contributed by atoms with van der Waals surface area (Å²) in [5, 5.41) is 3.02. The third-order valence-electron chi connectivity index (χ3n) is 4.02. The molecule has 2 nitrogen and oxygen atoms in total. The summed E-state index contributed by atoms with van der Waals surface area (Å²) in [4.78, 5) is 11.1. The number of carbonyl (C=O) groups is 1. The normalized spacial score (nSPS) is 45.2. The predicted octanol–water partition coefficient (Wildman–Crippen LogP) is 1.95. The second-order valence-electron chi connectivity index (χ2n) is 5.14. The van der Waals surface area contributed by atoms with Crippen LogP contribution in [0.4, 0.5) is 0 Å². The Morgan fingerprint density at radius 1 is 1.31 bits per heavy atom. The molecule has 1 saturated carbocycles. The fraction of sp³-hybridized carbons (Fsp3) is 0.909. The predicted molar refractivity (Wildman–Crippen MR) is 52.2 cm³/mol. The molecule has 1 amide bonds. The molecule has 0 bridgehead atoms. The fourth-order valence-corrected chi connectivity index (χ4v) is 3.04. The van der Waals surface area contributed by atoms with E-state index in [0.29, 0.717) is 5.41 Å². The van der Waals surface area contributed by atoms with Gasteiger partial charge < -0.3 is 5.32 Å². The first-order valence-corrected chi connectivity index (χ1v) is 5.38. The largest absolute Gasteiger partial charge is 0.356 e. The van der Waals surface area contributed by atoms with E-state index < -0.39 is 0 Å². The van der Waals surface area contributed by atoms with Gasteiger partial charge in [-0.1, -0.05) is 13.8 Å². The van der Waals surface area contributed by atoms with Crippen LogP contribution < -0.4 is 5.32 Å². The molecule has 1 saturated heterocycles. The highest BCUT2D eigenvalue weighted by Gasteiger charge is 2.43. The van der Waals surface area contributed by atoms with Crippen molar-refractivity contribution >= 4 is 5.91 Å². The number of piperidine rings is 1. The quantitative estimate of drug-likeness (QED) is 0.608. The molecular formula is C11H19NO. The van der Waals surface area contributed by atoms with Crippen LogP contribution in [-0.4, -0.2) is 12.5 Å². The number of rotatable bonds is 0. The number of carbonyl (C=O) groups excluding carboxylic acids is 1. The standard InChI is InChI=1S/C11H19NO/c1-8-5-11(6-9(8)2)4-3-10(13)12-7-11/h8-9H,3-7H2,1-2H3,(H,12,13). The van der Waals surface area contributed by atoms with E-state index in [2.05, 4.69) is 19.2 Å². The van der Waals surface area contributed by atoms with Crippen LogP contribution in [0.3, 0.4) is 0 Å². The summed E-state index contributed by atoms with van der Waals surface area (Å²) >= 11 is 0. The van der Waals surface area contributed by atoms with Gasteiger partial charge in [0.15, 0.2) is 0 Å². The molecule has 2 unspecified atom stereocenters. The van der Waals surface area contributed by atoms with Crippen molar-refractivity contribution < 1.29 is 4.79 Å². The first-order chi connectivity index (χ1) is 6.11. The fourth-order valence-electron chi connectivity index (χ4n) is 3.04. The van der Waals surface area contributed by atoms with Crippen LogP contribution in [0.15, 0.2) is 0 Å². The zero-order valence-electron chi connectivity index (χ0n) is 8.60. The Morgan fingerprint density at radius 2 is 1.92 bits per heavy atom. The Hall–Kier alpha value is -0.530. The monoisotopic (exact) mass is 181 g/mol. The van der Waals surface area contributed by atoms with Crippen molar-refractivity contribution in [2.45, 2.75) is 39.5 Å². The van der Waals surface area contributed by atoms with Crippen molar-refractivity contribution in [1.82, 2.24) is 5.32 Å². The Kier molecular flexibility index (Phi) is 2.09. The van der Waals surface area contributed by atoms with Gasteiger partial charge in [0.05, 0.1) is 0 Å². The maximum Gasteiger partial charge on any atom is 0.220 e. The van der Waals surface area contributed by atoms with Gasteiger partial charge >= 0.3 is 0 Å². The molecule has 1 heterocycles. The number of nitrogens with one attached hydrogen (secondary N) is 1. The summed E-state index contributed by atoms with van der Waals surface area (Å²) in [6.07, 6.45) is 4.50. The Bertz CT molecular complexity index is 202. The molecule has 0 aromatic carbocycles. The highest BCUT2D eigenvalue weighted by molar-refractivity contribution is 5.76. The van der Waals surface area contributed by atoms with Crippen LogP contribution in [-0.2, 0) is 4.79 Å². The molecule has 13 heavy (non-hydrogen) atoms. The molecule has 74 valence electrons. The van der Waals surface area contributed by atoms with Gasteiger partial charge in [-0.25, -0.2) is 0 Å². The third-order valence-corrected chi connectivity index (χ3v) is 4.02. The molecule has 1 N–H and O–H groups in total. The maximum absolute atomic E-state index is 11.1. The minimum Gasteiger partial charge on any atom is -0.356 e. The van der Waals surface area contributed by atoms with Gasteiger partial charge in [0.2, 0.25) is 5.91 Å². The average molecular weight is 181 g/mol. The van der Waals surface area contributed by atoms with Gasteiger partial charge in [-0.05, 0) is 36.5 Å². The molecule has 2 rings (SSSR count). The van der Waals surface area contributed by atoms with Crippen molar-refractivity contribution in [2.75, 3.05) is 6.54 Å². The molecule has 0 aromatic heterocycles. The van der Waals surface area contributed by atoms with Crippen LogP contribution in [0.5, 0.6) is 0 Å². The van der Waals surface area contributed by atoms with E-state index in [9.17, 15) is 4.79 Å². The van der Waals surface area contributed by atoms with Crippen LogP contribution in [0.1, 0.15) is 39.5 Å². The van der Waals surface area contributed by atoms with Gasteiger partial charge in [0, 0.05) is 13.0 Å². The Morgan fingerprint density at radius 3 is 2.38 bits per heavy atom. The lowest BCUT2D eigenvalue weighted by molar-refractivity contribution is -0.124. The second kappa shape index (κ2) is 3.00. The summed E-state index contributed by atoms with van der Waals surface area (Å²) < 4.78 is 0. The molecular weight excluding hydrogens is 162 g/mol. The van der Waals surface area contributed by atoms with Gasteiger partial charge in [-0.3, -0.25) is 4.79 Å². The summed E-state index contributed by atoms with van der Waals surface area (Å²) in [6, 6.07) is 0. The first-order valence-electron chi connectivity index (χ1n) is 5.38. The average Bonchev–Trinajstić information content (AvgIpc) is 2.36. The lowest BCUT2D eigenvalue weighted by Gasteiger charge is -2.33. The summed E-state index contributed by atoms with van der Waals surface area (Å²) in [6.45, 7) is 5.62. The van der Waals surface area contributed by atoms with Crippen molar-refractivity contribution in [3.63, 3.8) is 0 Å². The Labute approximate surface area is 80.1 Å². The number of hydrogen-bond donors (Lipinski definition) is 1. The lowest BCUT2D eigenvalue weighted by Crippen LogP contribution is -2.41. The Balaban J connectivity index is 2.03. The molecule has 0 aromatic rings. The first kappa shape index (κ1) is 9.04. The molecule has 2 atom stereocenters. The molecule has 1 aliphatic heterocycles. The number of amides is 1. The maximum atomic E-state index is 11.1. The SMILES string of the molecule is CC1CC2(CCC(=O)NC2)CC1C. The van der Waals surface area contributed by atoms with E-state index in [1.54, 1.807) is 0 Å². The van der Waals surface area contributed by atoms with E-state index in [1.165, 1.54) is 12.8 Å². The van der Waals surface area contributed by atoms with E-state index >= 15 is 0 Å². The molecule has 0 radical (unpaired) electrons. The van der Waals surface area contributed by atoms with Crippen molar-refractivity contribution in [3.8, 4) is 0 Å². The topological polar surface area (TPSA) is 29.1 Å². The summed E-state index contributed by atoms with van der Waals surface area (Å²) in [7, 11) is 0. The minimum atomic E-state index is 0.248. The van der Waals surface area contributed by atoms with Gasteiger partial charge in [0.1, 0.15) is 0 Å². The van der Waals surface area contributed by atoms with Crippen molar-refractivity contribution in [1.29, 1.82) is 0 Å². The molecule has 1 spiro atoms. The summed E-state index contributed by atoms with van der Waals surface area (Å²) in [5.41, 5.74) is 0.465. The zero-order valence-corrected chi connectivity index (χ0v) is 8.60. The van der Waals surface area contributed by atoms with E-state index in [1.807, 2.05) is 0 Å². The zero-order chi connectivity index (χ0) is 9.47. The van der Waals surface area contributed by atoms with Crippen LogP contribution in [0.25, 0.3) is 0 Å². The molecule has 2 heteroatoms. The highest BCUT2D eigenvalue weighted by atomic mass is 16.1.